The Hall–Kier alpha value is -0.300. The highest BCUT2D eigenvalue weighted by atomic mass is 16.3. The molecule has 0 heterocycles. The van der Waals surface area contributed by atoms with Gasteiger partial charge in [0.15, 0.2) is 0 Å². The normalized spacial score (nSPS) is 37.7. The molecule has 1 fully saturated rings. The van der Waals surface area contributed by atoms with Crippen LogP contribution in [-0.4, -0.2) is 11.2 Å². The molecule has 15 heavy (non-hydrogen) atoms. The van der Waals surface area contributed by atoms with E-state index in [4.69, 9.17) is 0 Å². The number of allylic oxidation sites excluding steroid dienone is 1. The van der Waals surface area contributed by atoms with E-state index in [1.807, 2.05) is 0 Å². The van der Waals surface area contributed by atoms with Crippen molar-refractivity contribution >= 4 is 0 Å². The van der Waals surface area contributed by atoms with Gasteiger partial charge in [-0.1, -0.05) is 51.2 Å². The predicted octanol–water partition coefficient (Wildman–Crippen LogP) is 3.53. The fraction of sp³-hybridized carbons (Fsp3) is 0.857. The molecule has 0 amide bonds. The Morgan fingerprint density at radius 1 is 1.07 bits per heavy atom. The average Bonchev–Trinajstić information content (AvgIpc) is 2.80. The van der Waals surface area contributed by atoms with E-state index < -0.39 is 0 Å². The van der Waals surface area contributed by atoms with Crippen LogP contribution in [0.1, 0.15) is 51.9 Å². The molecule has 2 rings (SSSR count). The van der Waals surface area contributed by atoms with Crippen LogP contribution in [0.5, 0.6) is 0 Å². The van der Waals surface area contributed by atoms with E-state index in [9.17, 15) is 5.11 Å². The van der Waals surface area contributed by atoms with Crippen molar-refractivity contribution in [3.63, 3.8) is 0 Å². The second-order valence-electron chi connectivity index (χ2n) is 5.31. The molecule has 1 N–H and O–H groups in total. The minimum atomic E-state index is -0.0221. The van der Waals surface area contributed by atoms with E-state index >= 15 is 0 Å². The summed E-state index contributed by atoms with van der Waals surface area (Å²) in [6.07, 6.45) is 13.8. The summed E-state index contributed by atoms with van der Waals surface area (Å²) in [5.41, 5.74) is 0. The van der Waals surface area contributed by atoms with Crippen LogP contribution in [0.25, 0.3) is 0 Å². The van der Waals surface area contributed by atoms with Crippen molar-refractivity contribution in [2.24, 2.45) is 17.8 Å². The first-order valence-corrected chi connectivity index (χ1v) is 6.69. The molecular formula is C14H24O. The zero-order chi connectivity index (χ0) is 10.7. The van der Waals surface area contributed by atoms with E-state index in [1.165, 1.54) is 44.9 Å². The lowest BCUT2D eigenvalue weighted by molar-refractivity contribution is 0.0902. The lowest BCUT2D eigenvalue weighted by Crippen LogP contribution is -2.24. The van der Waals surface area contributed by atoms with Gasteiger partial charge in [-0.15, -0.1) is 0 Å². The van der Waals surface area contributed by atoms with Gasteiger partial charge in [-0.25, -0.2) is 0 Å². The van der Waals surface area contributed by atoms with Crippen molar-refractivity contribution < 1.29 is 5.11 Å². The van der Waals surface area contributed by atoms with Gasteiger partial charge in [0.1, 0.15) is 0 Å². The van der Waals surface area contributed by atoms with Crippen LogP contribution in [0.3, 0.4) is 0 Å². The summed E-state index contributed by atoms with van der Waals surface area (Å²) in [7, 11) is 0. The zero-order valence-electron chi connectivity index (χ0n) is 9.86. The number of aliphatic hydroxyl groups is 1. The number of aliphatic hydroxyl groups excluding tert-OH is 1. The number of unbranched alkanes of at least 4 members (excludes halogenated alkanes) is 4. The Morgan fingerprint density at radius 2 is 1.80 bits per heavy atom. The molecule has 86 valence electrons. The molecule has 0 aromatic carbocycles. The van der Waals surface area contributed by atoms with Crippen molar-refractivity contribution in [1.82, 2.24) is 0 Å². The number of hydrogen-bond donors (Lipinski definition) is 1. The van der Waals surface area contributed by atoms with Crippen LogP contribution in [0.4, 0.5) is 0 Å². The molecule has 1 saturated carbocycles. The minimum absolute atomic E-state index is 0.0221. The summed E-state index contributed by atoms with van der Waals surface area (Å²) in [5.74, 6) is 1.79. The van der Waals surface area contributed by atoms with Crippen LogP contribution in [0, 0.1) is 17.8 Å². The molecule has 0 saturated heterocycles. The summed E-state index contributed by atoms with van der Waals surface area (Å²) in [6, 6.07) is 0. The molecule has 0 aliphatic heterocycles. The van der Waals surface area contributed by atoms with Gasteiger partial charge in [-0.05, 0) is 24.7 Å². The molecule has 0 spiro atoms. The van der Waals surface area contributed by atoms with Gasteiger partial charge >= 0.3 is 0 Å². The van der Waals surface area contributed by atoms with Crippen molar-refractivity contribution in [1.29, 1.82) is 0 Å². The van der Waals surface area contributed by atoms with E-state index in [0.717, 1.165) is 0 Å². The van der Waals surface area contributed by atoms with E-state index in [2.05, 4.69) is 19.1 Å². The second kappa shape index (κ2) is 5.16. The van der Waals surface area contributed by atoms with Gasteiger partial charge in [0.2, 0.25) is 0 Å². The third-order valence-electron chi connectivity index (χ3n) is 4.22. The van der Waals surface area contributed by atoms with Gasteiger partial charge in [0, 0.05) is 5.92 Å². The molecule has 2 aliphatic carbocycles. The van der Waals surface area contributed by atoms with Gasteiger partial charge < -0.3 is 5.11 Å². The minimum Gasteiger partial charge on any atom is -0.392 e. The van der Waals surface area contributed by atoms with Gasteiger partial charge in [0.25, 0.3) is 0 Å². The first kappa shape index (κ1) is 11.2. The largest absolute Gasteiger partial charge is 0.392 e. The Bertz CT molecular complexity index is 221. The van der Waals surface area contributed by atoms with Crippen molar-refractivity contribution in [2.75, 3.05) is 0 Å². The third-order valence-corrected chi connectivity index (χ3v) is 4.22. The van der Waals surface area contributed by atoms with E-state index in [1.54, 1.807) is 0 Å². The Morgan fingerprint density at radius 3 is 2.47 bits per heavy atom. The molecule has 4 unspecified atom stereocenters. The Labute approximate surface area is 93.6 Å². The van der Waals surface area contributed by atoms with Crippen molar-refractivity contribution in [3.8, 4) is 0 Å². The fourth-order valence-corrected chi connectivity index (χ4v) is 3.27. The second-order valence-corrected chi connectivity index (χ2v) is 5.31. The number of rotatable bonds is 6. The highest BCUT2D eigenvalue weighted by Crippen LogP contribution is 2.45. The fourth-order valence-electron chi connectivity index (χ4n) is 3.27. The maximum atomic E-state index is 10.0. The molecule has 2 bridgehead atoms. The van der Waals surface area contributed by atoms with E-state index in [-0.39, 0.29) is 6.10 Å². The smallest absolute Gasteiger partial charge is 0.0636 e. The predicted molar refractivity (Wildman–Crippen MR) is 63.6 cm³/mol. The number of fused-ring (bicyclic) bond motifs is 2. The van der Waals surface area contributed by atoms with Gasteiger partial charge in [-0.3, -0.25) is 0 Å². The summed E-state index contributed by atoms with van der Waals surface area (Å²) in [6.45, 7) is 2.25. The van der Waals surface area contributed by atoms with Crippen LogP contribution < -0.4 is 0 Å². The van der Waals surface area contributed by atoms with Crippen LogP contribution in [0.15, 0.2) is 12.2 Å². The standard InChI is InChI=1S/C14H24O/c1-2-3-4-5-6-7-13-11-8-9-12(10-11)14(13)15/h8-9,11-15H,2-7,10H2,1H3. The molecule has 2 aliphatic rings. The first-order valence-electron chi connectivity index (χ1n) is 6.69. The highest BCUT2D eigenvalue weighted by Gasteiger charge is 2.42. The molecule has 0 aromatic rings. The molecular weight excluding hydrogens is 184 g/mol. The highest BCUT2D eigenvalue weighted by molar-refractivity contribution is 5.13. The first-order chi connectivity index (χ1) is 7.33. The van der Waals surface area contributed by atoms with Gasteiger partial charge in [-0.2, -0.15) is 0 Å². The van der Waals surface area contributed by atoms with Crippen molar-refractivity contribution in [3.05, 3.63) is 12.2 Å². The average molecular weight is 208 g/mol. The molecule has 1 heteroatoms. The summed E-state index contributed by atoms with van der Waals surface area (Å²) < 4.78 is 0. The Kier molecular flexibility index (Phi) is 3.85. The zero-order valence-corrected chi connectivity index (χ0v) is 9.86. The van der Waals surface area contributed by atoms with Crippen molar-refractivity contribution in [2.45, 2.75) is 58.0 Å². The molecule has 4 atom stereocenters. The van der Waals surface area contributed by atoms with Crippen LogP contribution in [-0.2, 0) is 0 Å². The molecule has 0 radical (unpaired) electrons. The lowest BCUT2D eigenvalue weighted by atomic mass is 9.86. The van der Waals surface area contributed by atoms with Crippen LogP contribution >= 0.6 is 0 Å². The lowest BCUT2D eigenvalue weighted by Gasteiger charge is -2.23. The summed E-state index contributed by atoms with van der Waals surface area (Å²) >= 11 is 0. The van der Waals surface area contributed by atoms with E-state index in [0.29, 0.717) is 17.8 Å². The molecule has 0 aromatic heterocycles. The monoisotopic (exact) mass is 208 g/mol. The maximum Gasteiger partial charge on any atom is 0.0636 e. The maximum absolute atomic E-state index is 10.0. The third kappa shape index (κ3) is 2.44. The SMILES string of the molecule is CCCCCCCC1C2C=CC(C2)C1O. The van der Waals surface area contributed by atoms with Gasteiger partial charge in [0.05, 0.1) is 6.10 Å². The summed E-state index contributed by atoms with van der Waals surface area (Å²) in [4.78, 5) is 0. The Balaban J connectivity index is 1.65. The summed E-state index contributed by atoms with van der Waals surface area (Å²) in [5, 5.41) is 10.0. The molecule has 1 nitrogen and oxygen atoms in total. The number of hydrogen-bond acceptors (Lipinski definition) is 1. The van der Waals surface area contributed by atoms with Crippen LogP contribution in [0.2, 0.25) is 0 Å². The topological polar surface area (TPSA) is 20.2 Å². The quantitative estimate of drug-likeness (QED) is 0.523.